The highest BCUT2D eigenvalue weighted by atomic mass is 16.6. The first kappa shape index (κ1) is 53.3. The van der Waals surface area contributed by atoms with Gasteiger partial charge in [0.05, 0.1) is 21.7 Å². The minimum absolute atomic E-state index is 0.0200. The highest BCUT2D eigenvalue weighted by molar-refractivity contribution is 5.99. The summed E-state index contributed by atoms with van der Waals surface area (Å²) in [5.74, 6) is -13.4. The summed E-state index contributed by atoms with van der Waals surface area (Å²) in [5, 5.41) is 55.5. The number of phenols is 1. The zero-order valence-electron chi connectivity index (χ0n) is 34.4. The molecule has 360 valence electrons. The number of nitro benzene ring substituents is 2. The number of aliphatic hydroxyl groups excluding tert-OH is 1. The topological polar surface area (TPSA) is 614 Å². The number of nitro groups is 2. The molecule has 35 nitrogen and oxygen atoms in total. The molecule has 0 aliphatic carbocycles. The summed E-state index contributed by atoms with van der Waals surface area (Å²) in [5.41, 5.74) is 46.0. The molecule has 7 amide bonds. The van der Waals surface area contributed by atoms with E-state index in [9.17, 15) is 64.0 Å². The lowest BCUT2D eigenvalue weighted by atomic mass is 10.1. The SMILES string of the molecule is CC(N)=NC(NC(=O)C(N=C(N)N)NC(=O)C(N=C(N)N)NC(=O)C(NC(=O)C(O)/N=C/c1cc([N+](=O)[O-])cc([N+](=O)[O-])c1O)c1ccccc1)C(=O)NC(N=C(N)N)C(=O)NC(N)C(N)=O. The van der Waals surface area contributed by atoms with E-state index >= 15 is 0 Å². The normalized spacial score (nSPS) is 14.1. The number of guanidine groups is 3. The van der Waals surface area contributed by atoms with E-state index in [2.05, 4.69) is 35.6 Å². The van der Waals surface area contributed by atoms with Crippen LogP contribution in [0.2, 0.25) is 0 Å². The van der Waals surface area contributed by atoms with E-state index in [-0.39, 0.29) is 11.4 Å². The zero-order valence-corrected chi connectivity index (χ0v) is 34.4. The number of benzene rings is 2. The van der Waals surface area contributed by atoms with Crippen molar-refractivity contribution >= 4 is 82.7 Å². The molecule has 0 saturated carbocycles. The van der Waals surface area contributed by atoms with E-state index in [1.165, 1.54) is 30.3 Å². The van der Waals surface area contributed by atoms with Gasteiger partial charge in [-0.25, -0.2) is 20.0 Å². The van der Waals surface area contributed by atoms with Crippen LogP contribution in [-0.2, 0) is 33.6 Å². The van der Waals surface area contributed by atoms with Crippen LogP contribution in [0.4, 0.5) is 11.4 Å². The van der Waals surface area contributed by atoms with E-state index in [0.717, 1.165) is 6.92 Å². The van der Waals surface area contributed by atoms with Gasteiger partial charge in [-0.15, -0.1) is 0 Å². The number of aliphatic hydroxyl groups is 1. The summed E-state index contributed by atoms with van der Waals surface area (Å²) in [4.78, 5) is 130. The molecule has 2 rings (SSSR count). The third-order valence-corrected chi connectivity index (χ3v) is 7.66. The monoisotopic (exact) mass is 944 g/mol. The minimum atomic E-state index is -2.46. The first-order valence-corrected chi connectivity index (χ1v) is 18.1. The van der Waals surface area contributed by atoms with Crippen molar-refractivity contribution in [2.75, 3.05) is 0 Å². The van der Waals surface area contributed by atoms with Crippen molar-refractivity contribution in [3.63, 3.8) is 0 Å². The number of nitrogens with one attached hydrogen (secondary N) is 6. The van der Waals surface area contributed by atoms with Gasteiger partial charge in [0.15, 0.2) is 24.0 Å². The lowest BCUT2D eigenvalue weighted by Crippen LogP contribution is -2.60. The van der Waals surface area contributed by atoms with E-state index in [0.29, 0.717) is 18.3 Å². The molecule has 0 radical (unpaired) electrons. The average molecular weight is 945 g/mol. The Morgan fingerprint density at radius 2 is 1.06 bits per heavy atom. The number of nitrogens with zero attached hydrogens (tertiary/aromatic N) is 7. The predicted octanol–water partition coefficient (Wildman–Crippen LogP) is -9.34. The van der Waals surface area contributed by atoms with Gasteiger partial charge in [0.1, 0.15) is 6.04 Å². The number of amidine groups is 1. The summed E-state index contributed by atoms with van der Waals surface area (Å²) in [6.45, 7) is 1.16. The van der Waals surface area contributed by atoms with Crippen molar-refractivity contribution in [3.8, 4) is 5.75 Å². The summed E-state index contributed by atoms with van der Waals surface area (Å²) in [6.07, 6.45) is -12.3. The molecule has 0 bridgehead atoms. The highest BCUT2D eigenvalue weighted by Gasteiger charge is 2.34. The van der Waals surface area contributed by atoms with Crippen molar-refractivity contribution in [3.05, 3.63) is 73.8 Å². The third-order valence-electron chi connectivity index (χ3n) is 7.66. The quantitative estimate of drug-likeness (QED) is 0.0171. The molecule has 0 spiro atoms. The fraction of sp³-hybridized carbons (Fsp3) is 0.250. The second kappa shape index (κ2) is 24.2. The predicted molar refractivity (Wildman–Crippen MR) is 230 cm³/mol. The van der Waals surface area contributed by atoms with E-state index in [1.807, 2.05) is 21.3 Å². The van der Waals surface area contributed by atoms with Crippen LogP contribution in [0.3, 0.4) is 0 Å². The average Bonchev–Trinajstić information content (AvgIpc) is 3.23. The Hall–Kier alpha value is -9.80. The third kappa shape index (κ3) is 16.8. The number of aromatic hydroxyl groups is 1. The van der Waals surface area contributed by atoms with Crippen LogP contribution in [-0.4, -0.2) is 128 Å². The molecule has 0 heterocycles. The summed E-state index contributed by atoms with van der Waals surface area (Å²) < 4.78 is 0. The number of nitrogens with two attached hydrogens (primary N) is 9. The largest absolute Gasteiger partial charge is 0.502 e. The van der Waals surface area contributed by atoms with Crippen LogP contribution in [0, 0.1) is 20.2 Å². The fourth-order valence-electron chi connectivity index (χ4n) is 4.79. The number of hydrogen-bond donors (Lipinski definition) is 17. The molecule has 0 aliphatic heterocycles. The highest BCUT2D eigenvalue weighted by Crippen LogP contribution is 2.33. The number of phenolic OH excluding ortho intramolecular Hbond substituents is 1. The molecule has 7 unspecified atom stereocenters. The van der Waals surface area contributed by atoms with E-state index in [4.69, 9.17) is 51.6 Å². The van der Waals surface area contributed by atoms with Gasteiger partial charge in [0, 0.05) is 17.8 Å². The summed E-state index contributed by atoms with van der Waals surface area (Å²) in [6, 6.07) is 6.18. The van der Waals surface area contributed by atoms with Crippen LogP contribution in [0.5, 0.6) is 5.75 Å². The van der Waals surface area contributed by atoms with Gasteiger partial charge in [-0.2, -0.15) is 0 Å². The number of primary amides is 1. The van der Waals surface area contributed by atoms with Crippen molar-refractivity contribution in [1.29, 1.82) is 0 Å². The van der Waals surface area contributed by atoms with Gasteiger partial charge in [-0.05, 0) is 12.5 Å². The number of rotatable bonds is 22. The van der Waals surface area contributed by atoms with Gasteiger partial charge < -0.3 is 93.7 Å². The molecular weight excluding hydrogens is 900 g/mol. The molecule has 2 aromatic carbocycles. The molecule has 67 heavy (non-hydrogen) atoms. The molecule has 0 aromatic heterocycles. The Kier molecular flexibility index (Phi) is 19.2. The molecule has 7 atom stereocenters. The second-order valence-electron chi connectivity index (χ2n) is 12.9. The van der Waals surface area contributed by atoms with Gasteiger partial charge in [0.2, 0.25) is 42.5 Å². The number of carbonyl (C=O) groups is 7. The smallest absolute Gasteiger partial charge is 0.318 e. The Morgan fingerprint density at radius 1 is 0.627 bits per heavy atom. The van der Waals surface area contributed by atoms with Gasteiger partial charge in [0.25, 0.3) is 41.1 Å². The van der Waals surface area contributed by atoms with Crippen LogP contribution in [0.1, 0.15) is 24.1 Å². The van der Waals surface area contributed by atoms with Gasteiger partial charge in [-0.1, -0.05) is 30.3 Å². The van der Waals surface area contributed by atoms with Gasteiger partial charge in [-0.3, -0.25) is 58.8 Å². The van der Waals surface area contributed by atoms with Gasteiger partial charge >= 0.3 is 5.69 Å². The Bertz CT molecular complexity index is 2390. The second-order valence-corrected chi connectivity index (χ2v) is 12.9. The lowest BCUT2D eigenvalue weighted by Gasteiger charge is -2.24. The van der Waals surface area contributed by atoms with E-state index < -0.39 is 135 Å². The number of hydrogen-bond acceptors (Lipinski definition) is 19. The Balaban J connectivity index is 2.45. The molecule has 26 N–H and O–H groups in total. The zero-order chi connectivity index (χ0) is 50.9. The molecule has 0 aliphatic rings. The first-order valence-electron chi connectivity index (χ1n) is 18.1. The minimum Gasteiger partial charge on any atom is -0.502 e. The maximum absolute atomic E-state index is 13.8. The fourth-order valence-corrected chi connectivity index (χ4v) is 4.79. The van der Waals surface area contributed by atoms with Crippen LogP contribution >= 0.6 is 0 Å². The van der Waals surface area contributed by atoms with E-state index in [1.54, 1.807) is 0 Å². The molecular formula is C32H44N22O13. The Morgan fingerprint density at radius 3 is 1.46 bits per heavy atom. The molecule has 35 heteroatoms. The lowest BCUT2D eigenvalue weighted by molar-refractivity contribution is -0.394. The van der Waals surface area contributed by atoms with Crippen molar-refractivity contribution < 1.29 is 53.6 Å². The molecule has 2 aromatic rings. The molecule has 0 saturated heterocycles. The van der Waals surface area contributed by atoms with Crippen LogP contribution in [0.25, 0.3) is 0 Å². The Labute approximate surface area is 374 Å². The molecule has 0 fully saturated rings. The standard InChI is InChI=1S/C32H44N22O13/c1-10(33)43-19(25(59)48-20(50-30(36)37)24(58)45-17(34)18(35)56)47-27(61)22(52-32(40)41)49-26(60)21(51-31(38)39)46-23(57)15(11-5-3-2-4-6-11)44-29(63)28(62)42-9-12-7-13(53(64)65)8-14(16(12)55)54(66)67/h2-9,15,17,19-22,28,55,62H,34H2,1H3,(H2,33,43)(H2,35,56)(H,44,63)(H,45,58)(H,46,57)(H,47,61)(H,48,59)(H,49,60)(H4,36,37,50)(H4,38,39,51)(H4,40,41,52)/b42-9+. The summed E-state index contributed by atoms with van der Waals surface area (Å²) in [7, 11) is 0. The first-order chi connectivity index (χ1) is 31.2. The maximum atomic E-state index is 13.8. The van der Waals surface area contributed by atoms with Crippen molar-refractivity contribution in [1.82, 2.24) is 31.9 Å². The number of non-ortho nitro benzene ring substituents is 1. The summed E-state index contributed by atoms with van der Waals surface area (Å²) >= 11 is 0. The van der Waals surface area contributed by atoms with Crippen molar-refractivity contribution in [2.45, 2.75) is 50.0 Å². The maximum Gasteiger partial charge on any atom is 0.318 e. The number of aliphatic imine (C=N–C) groups is 5. The van der Waals surface area contributed by atoms with Crippen LogP contribution < -0.4 is 83.5 Å². The number of carbonyl (C=O) groups excluding carboxylic acids is 7. The van der Waals surface area contributed by atoms with Crippen molar-refractivity contribution in [2.24, 2.45) is 76.6 Å². The van der Waals surface area contributed by atoms with Crippen LogP contribution in [0.15, 0.2) is 67.4 Å². The number of amides is 7.